The molecule has 3 unspecified atom stereocenters. The van der Waals surface area contributed by atoms with Crippen molar-refractivity contribution < 1.29 is 0 Å². The molecule has 3 nitrogen and oxygen atoms in total. The van der Waals surface area contributed by atoms with Crippen LogP contribution in [0.1, 0.15) is 33.1 Å². The molecule has 2 fully saturated rings. The minimum atomic E-state index is 0.724. The minimum absolute atomic E-state index is 0.724. The van der Waals surface area contributed by atoms with Gasteiger partial charge in [-0.25, -0.2) is 0 Å². The number of likely N-dealkylation sites (N-methyl/N-ethyl adjacent to an activating group) is 2. The van der Waals surface area contributed by atoms with E-state index in [9.17, 15) is 0 Å². The fraction of sp³-hybridized carbons (Fsp3) is 1.00. The van der Waals surface area contributed by atoms with Crippen LogP contribution in [0.3, 0.4) is 0 Å². The van der Waals surface area contributed by atoms with Gasteiger partial charge in [0.1, 0.15) is 0 Å². The summed E-state index contributed by atoms with van der Waals surface area (Å²) in [4.78, 5) is 5.04. The maximum Gasteiger partial charge on any atom is 0.0212 e. The molecule has 16 heavy (non-hydrogen) atoms. The molecule has 0 aromatic rings. The van der Waals surface area contributed by atoms with Crippen molar-refractivity contribution in [2.45, 2.75) is 51.2 Å². The predicted molar refractivity (Wildman–Crippen MR) is 68.8 cm³/mol. The van der Waals surface area contributed by atoms with Crippen LogP contribution in [-0.4, -0.2) is 61.2 Å². The second kappa shape index (κ2) is 5.48. The molecule has 0 radical (unpaired) electrons. The Balaban J connectivity index is 1.77. The zero-order chi connectivity index (χ0) is 11.5. The Kier molecular flexibility index (Phi) is 4.22. The maximum absolute atomic E-state index is 3.86. The van der Waals surface area contributed by atoms with Crippen LogP contribution in [-0.2, 0) is 0 Å². The highest BCUT2D eigenvalue weighted by atomic mass is 15.2. The lowest BCUT2D eigenvalue weighted by atomic mass is 10.0. The Morgan fingerprint density at radius 3 is 2.69 bits per heavy atom. The minimum Gasteiger partial charge on any atom is -0.309 e. The number of rotatable bonds is 3. The molecule has 0 aromatic carbocycles. The first-order chi connectivity index (χ1) is 7.69. The van der Waals surface area contributed by atoms with Gasteiger partial charge in [0, 0.05) is 31.2 Å². The topological polar surface area (TPSA) is 18.5 Å². The molecule has 3 atom stereocenters. The van der Waals surface area contributed by atoms with E-state index in [-0.39, 0.29) is 0 Å². The van der Waals surface area contributed by atoms with Gasteiger partial charge in [0.15, 0.2) is 0 Å². The first kappa shape index (κ1) is 12.3. The van der Waals surface area contributed by atoms with Gasteiger partial charge in [-0.2, -0.15) is 0 Å². The summed E-state index contributed by atoms with van der Waals surface area (Å²) in [5, 5.41) is 3.86. The van der Waals surface area contributed by atoms with Gasteiger partial charge in [-0.15, -0.1) is 0 Å². The fourth-order valence-electron chi connectivity index (χ4n) is 3.13. The van der Waals surface area contributed by atoms with E-state index >= 15 is 0 Å². The predicted octanol–water partition coefficient (Wildman–Crippen LogP) is 1.15. The smallest absolute Gasteiger partial charge is 0.0212 e. The van der Waals surface area contributed by atoms with E-state index in [1.54, 1.807) is 0 Å². The number of nitrogens with zero attached hydrogens (tertiary/aromatic N) is 2. The third kappa shape index (κ3) is 2.96. The van der Waals surface area contributed by atoms with Gasteiger partial charge >= 0.3 is 0 Å². The van der Waals surface area contributed by atoms with Crippen LogP contribution in [0.25, 0.3) is 0 Å². The van der Waals surface area contributed by atoms with Crippen molar-refractivity contribution >= 4 is 0 Å². The summed E-state index contributed by atoms with van der Waals surface area (Å²) in [6.45, 7) is 9.60. The largest absolute Gasteiger partial charge is 0.309 e. The first-order valence-corrected chi connectivity index (χ1v) is 6.87. The summed E-state index contributed by atoms with van der Waals surface area (Å²) >= 11 is 0. The van der Waals surface area contributed by atoms with Crippen molar-refractivity contribution in [3.05, 3.63) is 0 Å². The highest BCUT2D eigenvalue weighted by Crippen LogP contribution is 2.17. The van der Waals surface area contributed by atoms with Crippen LogP contribution in [0.2, 0.25) is 0 Å². The second-order valence-corrected chi connectivity index (χ2v) is 5.62. The third-order valence-electron chi connectivity index (χ3n) is 4.31. The lowest BCUT2D eigenvalue weighted by Gasteiger charge is -2.34. The standard InChI is InChI=1S/C13H27N3/c1-4-16-7-5-6-12(10-16)14-13-8-11(2)15(3)9-13/h11-14H,4-10H2,1-3H3. The van der Waals surface area contributed by atoms with Gasteiger partial charge < -0.3 is 15.1 Å². The average molecular weight is 225 g/mol. The molecule has 0 spiro atoms. The van der Waals surface area contributed by atoms with Crippen LogP contribution in [0.4, 0.5) is 0 Å². The fourth-order valence-corrected chi connectivity index (χ4v) is 3.13. The summed E-state index contributed by atoms with van der Waals surface area (Å²) in [5.74, 6) is 0. The second-order valence-electron chi connectivity index (χ2n) is 5.62. The van der Waals surface area contributed by atoms with Gasteiger partial charge in [0.05, 0.1) is 0 Å². The van der Waals surface area contributed by atoms with Crippen molar-refractivity contribution in [2.24, 2.45) is 0 Å². The zero-order valence-corrected chi connectivity index (χ0v) is 11.1. The van der Waals surface area contributed by atoms with Crippen LogP contribution in [0.15, 0.2) is 0 Å². The van der Waals surface area contributed by atoms with Crippen molar-refractivity contribution in [3.63, 3.8) is 0 Å². The number of hydrogen-bond acceptors (Lipinski definition) is 3. The normalized spacial score (nSPS) is 38.1. The molecule has 94 valence electrons. The molecule has 0 bridgehead atoms. The summed E-state index contributed by atoms with van der Waals surface area (Å²) in [6, 6.07) is 2.21. The molecule has 0 aliphatic carbocycles. The number of hydrogen-bond donors (Lipinski definition) is 1. The first-order valence-electron chi connectivity index (χ1n) is 6.87. The molecule has 2 saturated heterocycles. The maximum atomic E-state index is 3.86. The molecular weight excluding hydrogens is 198 g/mol. The van der Waals surface area contributed by atoms with Gasteiger partial charge in [-0.3, -0.25) is 0 Å². The summed E-state index contributed by atoms with van der Waals surface area (Å²) in [5.41, 5.74) is 0. The van der Waals surface area contributed by atoms with Crippen LogP contribution in [0.5, 0.6) is 0 Å². The van der Waals surface area contributed by atoms with Gasteiger partial charge in [-0.1, -0.05) is 6.92 Å². The van der Waals surface area contributed by atoms with E-state index in [2.05, 4.69) is 36.0 Å². The van der Waals surface area contributed by atoms with Crippen LogP contribution in [0, 0.1) is 0 Å². The summed E-state index contributed by atoms with van der Waals surface area (Å²) in [7, 11) is 2.24. The molecule has 0 amide bonds. The Morgan fingerprint density at radius 2 is 2.06 bits per heavy atom. The van der Waals surface area contributed by atoms with E-state index in [0.717, 1.165) is 18.1 Å². The summed E-state index contributed by atoms with van der Waals surface area (Å²) < 4.78 is 0. The van der Waals surface area contributed by atoms with E-state index in [1.165, 1.54) is 45.4 Å². The molecule has 2 rings (SSSR count). The molecule has 0 saturated carbocycles. The molecule has 0 aromatic heterocycles. The van der Waals surface area contributed by atoms with Crippen LogP contribution >= 0.6 is 0 Å². The van der Waals surface area contributed by atoms with Gasteiger partial charge in [0.25, 0.3) is 0 Å². The van der Waals surface area contributed by atoms with E-state index in [0.29, 0.717) is 0 Å². The summed E-state index contributed by atoms with van der Waals surface area (Å²) in [6.07, 6.45) is 4.05. The number of nitrogens with one attached hydrogen (secondary N) is 1. The van der Waals surface area contributed by atoms with Gasteiger partial charge in [-0.05, 0) is 46.3 Å². The van der Waals surface area contributed by atoms with E-state index < -0.39 is 0 Å². The Bertz CT molecular complexity index is 209. The van der Waals surface area contributed by atoms with Gasteiger partial charge in [0.2, 0.25) is 0 Å². The van der Waals surface area contributed by atoms with Crippen molar-refractivity contribution in [1.82, 2.24) is 15.1 Å². The third-order valence-corrected chi connectivity index (χ3v) is 4.31. The average Bonchev–Trinajstić information content (AvgIpc) is 2.58. The van der Waals surface area contributed by atoms with Crippen LogP contribution < -0.4 is 5.32 Å². The Morgan fingerprint density at radius 1 is 1.25 bits per heavy atom. The molecule has 3 heteroatoms. The van der Waals surface area contributed by atoms with E-state index in [1.807, 2.05) is 0 Å². The molecule has 1 N–H and O–H groups in total. The molecule has 2 heterocycles. The molecule has 2 aliphatic heterocycles. The lowest BCUT2D eigenvalue weighted by molar-refractivity contribution is 0.190. The highest BCUT2D eigenvalue weighted by Gasteiger charge is 2.28. The van der Waals surface area contributed by atoms with Crippen molar-refractivity contribution in [1.29, 1.82) is 0 Å². The monoisotopic (exact) mass is 225 g/mol. The number of likely N-dealkylation sites (tertiary alicyclic amines) is 2. The number of piperidine rings is 1. The Labute approximate surface area is 100 Å². The van der Waals surface area contributed by atoms with Crippen molar-refractivity contribution in [2.75, 3.05) is 33.2 Å². The SMILES string of the molecule is CCN1CCCC(NC2CC(C)N(C)C2)C1. The zero-order valence-electron chi connectivity index (χ0n) is 11.1. The molecule has 2 aliphatic rings. The van der Waals surface area contributed by atoms with E-state index in [4.69, 9.17) is 0 Å². The quantitative estimate of drug-likeness (QED) is 0.777. The van der Waals surface area contributed by atoms with Crippen molar-refractivity contribution in [3.8, 4) is 0 Å². The molecular formula is C13H27N3. The highest BCUT2D eigenvalue weighted by molar-refractivity contribution is 4.89. The lowest BCUT2D eigenvalue weighted by Crippen LogP contribution is -2.49. The Hall–Kier alpha value is -0.120.